The highest BCUT2D eigenvalue weighted by Crippen LogP contribution is 2.53. The lowest BCUT2D eigenvalue weighted by Crippen LogP contribution is -2.28. The molecule has 2 aliphatic rings. The number of aliphatic hydroxyl groups excluding tert-OH is 1. The number of carbonyl (C=O) groups is 1. The molecule has 8 rings (SSSR count). The van der Waals surface area contributed by atoms with Gasteiger partial charge in [-0.1, -0.05) is 124 Å². The summed E-state index contributed by atoms with van der Waals surface area (Å²) in [5.74, 6) is -0.736. The first-order valence-corrected chi connectivity index (χ1v) is 19.6. The van der Waals surface area contributed by atoms with Gasteiger partial charge in [0, 0.05) is 30.7 Å². The van der Waals surface area contributed by atoms with Crippen molar-refractivity contribution in [3.8, 4) is 22.6 Å². The van der Waals surface area contributed by atoms with Gasteiger partial charge < -0.3 is 25.0 Å². The second kappa shape index (κ2) is 14.4. The number of phenols is 1. The minimum atomic E-state index is -1.20. The Kier molecular flexibility index (Phi) is 9.57. The summed E-state index contributed by atoms with van der Waals surface area (Å²) in [6.45, 7) is 9.73. The number of aliphatic hydroxyl groups is 1. The Morgan fingerprint density at radius 3 is 2.33 bits per heavy atom. The maximum Gasteiger partial charge on any atom is 0.339 e. The Balaban J connectivity index is 1.29. The van der Waals surface area contributed by atoms with Crippen molar-refractivity contribution in [1.82, 2.24) is 0 Å². The lowest BCUT2D eigenvalue weighted by Gasteiger charge is -2.40. The largest absolute Gasteiger partial charge is 0.507 e. The van der Waals surface area contributed by atoms with E-state index in [9.17, 15) is 20.1 Å². The fourth-order valence-electron chi connectivity index (χ4n) is 8.86. The summed E-state index contributed by atoms with van der Waals surface area (Å²) in [6.07, 6.45) is 9.05. The molecule has 0 amide bonds. The van der Waals surface area contributed by atoms with Gasteiger partial charge in [0.05, 0.1) is 6.10 Å². The van der Waals surface area contributed by atoms with Gasteiger partial charge in [-0.05, 0) is 115 Å². The number of hydrogen-bond donors (Lipinski definition) is 3. The molecule has 0 fully saturated rings. The number of anilines is 1. The number of carboxylic acids is 1. The molecule has 0 spiro atoms. The Morgan fingerprint density at radius 2 is 1.60 bits per heavy atom. The van der Waals surface area contributed by atoms with Crippen molar-refractivity contribution in [2.75, 3.05) is 19.0 Å². The topological polar surface area (TPSA) is 90.2 Å². The third kappa shape index (κ3) is 7.22. The lowest BCUT2D eigenvalue weighted by molar-refractivity contribution is 0.0693. The van der Waals surface area contributed by atoms with E-state index in [-0.39, 0.29) is 22.1 Å². The molecule has 0 aliphatic heterocycles. The van der Waals surface area contributed by atoms with Crippen molar-refractivity contribution in [2.24, 2.45) is 5.41 Å². The molecule has 2 aliphatic carbocycles. The molecule has 3 N–H and O–H groups in total. The number of fused-ring (bicyclic) bond motifs is 5. The Labute approximate surface area is 334 Å². The number of rotatable bonds is 9. The van der Waals surface area contributed by atoms with Crippen LogP contribution in [0.25, 0.3) is 44.3 Å². The molecule has 0 bridgehead atoms. The molecule has 6 aromatic rings. The first-order valence-electron chi connectivity index (χ1n) is 19.6. The van der Waals surface area contributed by atoms with E-state index in [1.54, 1.807) is 18.2 Å². The molecule has 57 heavy (non-hydrogen) atoms. The Morgan fingerprint density at radius 1 is 0.860 bits per heavy atom. The number of ether oxygens (including phenoxy) is 1. The molecular formula is C51H49NO5. The molecule has 0 saturated carbocycles. The van der Waals surface area contributed by atoms with Crippen LogP contribution in [0.4, 0.5) is 5.69 Å². The van der Waals surface area contributed by atoms with Gasteiger partial charge >= 0.3 is 5.97 Å². The Hall–Kier alpha value is -6.11. The Bertz CT molecular complexity index is 2660. The molecule has 0 heterocycles. The minimum Gasteiger partial charge on any atom is -0.507 e. The highest BCUT2D eigenvalue weighted by atomic mass is 16.5. The predicted octanol–water partition coefficient (Wildman–Crippen LogP) is 11.9. The number of aromatic carboxylic acids is 1. The summed E-state index contributed by atoms with van der Waals surface area (Å²) < 4.78 is 6.94. The lowest BCUT2D eigenvalue weighted by atomic mass is 9.64. The van der Waals surface area contributed by atoms with Crippen LogP contribution in [0.2, 0.25) is 0 Å². The fraction of sp³-hybridized carbons (Fsp3) is 0.235. The van der Waals surface area contributed by atoms with Gasteiger partial charge in [-0.2, -0.15) is 0 Å². The number of aromatic hydroxyl groups is 1. The fourth-order valence-corrected chi connectivity index (χ4v) is 8.86. The number of nitrogens with zero attached hydrogens (tertiary/aromatic N) is 1. The quantitative estimate of drug-likeness (QED) is 0.136. The van der Waals surface area contributed by atoms with Gasteiger partial charge in [0.15, 0.2) is 0 Å². The van der Waals surface area contributed by atoms with Crippen molar-refractivity contribution in [1.29, 1.82) is 0 Å². The molecule has 0 saturated heterocycles. The highest BCUT2D eigenvalue weighted by Gasteiger charge is 2.37. The van der Waals surface area contributed by atoms with Crippen LogP contribution >= 0.6 is 0 Å². The van der Waals surface area contributed by atoms with E-state index in [1.807, 2.05) is 38.4 Å². The third-order valence-corrected chi connectivity index (χ3v) is 11.6. The van der Waals surface area contributed by atoms with Gasteiger partial charge in [-0.15, -0.1) is 0 Å². The van der Waals surface area contributed by atoms with Gasteiger partial charge in [0.2, 0.25) is 0 Å². The first-order chi connectivity index (χ1) is 27.2. The van der Waals surface area contributed by atoms with Crippen LogP contribution in [0, 0.1) is 5.41 Å². The van der Waals surface area contributed by atoms with Crippen LogP contribution in [0.3, 0.4) is 0 Å². The molecule has 0 aromatic heterocycles. The normalized spacial score (nSPS) is 16.1. The van der Waals surface area contributed by atoms with Crippen molar-refractivity contribution in [3.05, 3.63) is 160 Å². The number of hydrogen-bond acceptors (Lipinski definition) is 5. The van der Waals surface area contributed by atoms with Gasteiger partial charge in [-0.25, -0.2) is 4.79 Å². The zero-order valence-corrected chi connectivity index (χ0v) is 33.4. The second-order valence-electron chi connectivity index (χ2n) is 17.1. The summed E-state index contributed by atoms with van der Waals surface area (Å²) in [4.78, 5) is 13.6. The molecule has 6 nitrogen and oxygen atoms in total. The molecule has 1 atom stereocenters. The highest BCUT2D eigenvalue weighted by molar-refractivity contribution is 6.02. The number of carboxylic acid groups (broad SMARTS) is 1. The van der Waals surface area contributed by atoms with Crippen LogP contribution in [0.15, 0.2) is 127 Å². The van der Waals surface area contributed by atoms with Gasteiger partial charge in [-0.3, -0.25) is 0 Å². The molecular weight excluding hydrogens is 707 g/mol. The molecule has 0 radical (unpaired) electrons. The van der Waals surface area contributed by atoms with Crippen molar-refractivity contribution < 1.29 is 24.9 Å². The summed E-state index contributed by atoms with van der Waals surface area (Å²) >= 11 is 0. The summed E-state index contributed by atoms with van der Waals surface area (Å²) in [6, 6.07) is 33.9. The van der Waals surface area contributed by atoms with E-state index in [1.165, 1.54) is 34.4 Å². The standard InChI is InChI=1S/C51H49NO5/c1-50(2)24-23-38-36(28-50)29-51(3,4)48-41(38)21-16-34-26-35(27-45(46(34)48)57-30-32-11-17-37(18-12-32)52(5)6)40-20-15-33-9-7-8-10-39(33)47(40)43(53)22-14-31-13-19-42(49(55)56)44(54)25-31/h7-27,43,53-54H,28-30H2,1-6H3,(H,55,56). The van der Waals surface area contributed by atoms with Crippen molar-refractivity contribution in [3.63, 3.8) is 0 Å². The zero-order chi connectivity index (χ0) is 40.2. The van der Waals surface area contributed by atoms with Crippen LogP contribution in [0.1, 0.15) is 84.8 Å². The van der Waals surface area contributed by atoms with Crippen molar-refractivity contribution in [2.45, 2.75) is 58.7 Å². The van der Waals surface area contributed by atoms with Gasteiger partial charge in [0.25, 0.3) is 0 Å². The summed E-state index contributed by atoms with van der Waals surface area (Å²) in [5, 5.41) is 35.8. The molecule has 6 heteroatoms. The third-order valence-electron chi connectivity index (χ3n) is 11.6. The predicted molar refractivity (Wildman–Crippen MR) is 233 cm³/mol. The van der Waals surface area contributed by atoms with Crippen LogP contribution in [-0.2, 0) is 12.0 Å². The molecule has 1 unspecified atom stereocenters. The maximum atomic E-state index is 12.0. The molecule has 6 aromatic carbocycles. The summed E-state index contributed by atoms with van der Waals surface area (Å²) in [7, 11) is 4.07. The average Bonchev–Trinajstić information content (AvgIpc) is 3.17. The van der Waals surface area contributed by atoms with Crippen LogP contribution in [0.5, 0.6) is 11.5 Å². The number of allylic oxidation sites excluding steroid dienone is 4. The van der Waals surface area contributed by atoms with E-state index in [0.717, 1.165) is 68.1 Å². The SMILES string of the molecule is CN(C)c1ccc(COc2cc(-c3ccc4ccccc4c3C(O)C=Cc3ccc(C(=O)O)c(O)c3)cc3ccc4c(c23)C(C)(C)CC2=C4C=CC(C)(C)C2)cc1. The smallest absolute Gasteiger partial charge is 0.339 e. The second-order valence-corrected chi connectivity index (χ2v) is 17.1. The van der Waals surface area contributed by atoms with Crippen molar-refractivity contribution >= 4 is 44.9 Å². The number of benzene rings is 6. The van der Waals surface area contributed by atoms with Gasteiger partial charge in [0.1, 0.15) is 23.7 Å². The summed E-state index contributed by atoms with van der Waals surface area (Å²) in [5.41, 5.74) is 10.5. The van der Waals surface area contributed by atoms with E-state index in [0.29, 0.717) is 12.2 Å². The maximum absolute atomic E-state index is 12.0. The van der Waals surface area contributed by atoms with E-state index >= 15 is 0 Å². The van der Waals surface area contributed by atoms with E-state index in [4.69, 9.17) is 4.74 Å². The minimum absolute atomic E-state index is 0.124. The average molecular weight is 756 g/mol. The molecule has 288 valence electrons. The zero-order valence-electron chi connectivity index (χ0n) is 33.4. The van der Waals surface area contributed by atoms with Crippen LogP contribution < -0.4 is 9.64 Å². The van der Waals surface area contributed by atoms with Crippen LogP contribution in [-0.4, -0.2) is 35.4 Å². The monoisotopic (exact) mass is 755 g/mol. The van der Waals surface area contributed by atoms with E-state index in [2.05, 4.69) is 105 Å². The first kappa shape index (κ1) is 37.8. The van der Waals surface area contributed by atoms with E-state index < -0.39 is 12.1 Å².